The number of rotatable bonds is 3. The van der Waals surface area contributed by atoms with E-state index in [4.69, 9.17) is 10.00 Å². The summed E-state index contributed by atoms with van der Waals surface area (Å²) in [5.74, 6) is 0.699. The van der Waals surface area contributed by atoms with Crippen molar-refractivity contribution in [1.82, 2.24) is 4.98 Å². The maximum atomic E-state index is 9.06. The Balaban J connectivity index is 2.05. The van der Waals surface area contributed by atoms with Gasteiger partial charge in [-0.2, -0.15) is 5.26 Å². The van der Waals surface area contributed by atoms with Crippen LogP contribution in [0.4, 0.5) is 5.82 Å². The number of nitrogens with one attached hydrogen (secondary N) is 1. The molecule has 0 bridgehead atoms. The number of aryl methyl sites for hydroxylation is 1. The molecule has 0 atom stereocenters. The third-order valence-electron chi connectivity index (χ3n) is 3.54. The van der Waals surface area contributed by atoms with Gasteiger partial charge in [0.05, 0.1) is 5.56 Å². The molecule has 1 aromatic heterocycles. The SMILES string of the molecule is Cc1ccc(C#N)c(NCC2(C)CCOCC2)n1. The highest BCUT2D eigenvalue weighted by Crippen LogP contribution is 2.30. The molecule has 0 aromatic carbocycles. The Bertz CT molecular complexity index is 459. The van der Waals surface area contributed by atoms with Crippen LogP contribution < -0.4 is 5.32 Å². The van der Waals surface area contributed by atoms with Gasteiger partial charge in [0.2, 0.25) is 0 Å². The summed E-state index contributed by atoms with van der Waals surface area (Å²) in [6.45, 7) is 6.67. The number of hydrogen-bond donors (Lipinski definition) is 1. The molecule has 18 heavy (non-hydrogen) atoms. The van der Waals surface area contributed by atoms with Crippen LogP contribution in [-0.2, 0) is 4.74 Å². The first-order valence-corrected chi connectivity index (χ1v) is 6.32. The first-order chi connectivity index (χ1) is 8.63. The molecule has 0 unspecified atom stereocenters. The van der Waals surface area contributed by atoms with Crippen LogP contribution in [0, 0.1) is 23.7 Å². The number of nitriles is 1. The largest absolute Gasteiger partial charge is 0.381 e. The van der Waals surface area contributed by atoms with Gasteiger partial charge in [-0.15, -0.1) is 0 Å². The molecule has 1 fully saturated rings. The number of ether oxygens (including phenoxy) is 1. The maximum Gasteiger partial charge on any atom is 0.144 e. The topological polar surface area (TPSA) is 57.9 Å². The van der Waals surface area contributed by atoms with Crippen molar-refractivity contribution < 1.29 is 4.74 Å². The summed E-state index contributed by atoms with van der Waals surface area (Å²) in [4.78, 5) is 4.39. The van der Waals surface area contributed by atoms with Crippen LogP contribution in [0.5, 0.6) is 0 Å². The summed E-state index contributed by atoms with van der Waals surface area (Å²) < 4.78 is 5.39. The lowest BCUT2D eigenvalue weighted by Crippen LogP contribution is -2.33. The molecule has 0 aliphatic carbocycles. The molecular formula is C14H19N3O. The van der Waals surface area contributed by atoms with Gasteiger partial charge in [-0.3, -0.25) is 0 Å². The average molecular weight is 245 g/mol. The van der Waals surface area contributed by atoms with Crippen molar-refractivity contribution in [3.63, 3.8) is 0 Å². The number of hydrogen-bond acceptors (Lipinski definition) is 4. The van der Waals surface area contributed by atoms with E-state index in [1.807, 2.05) is 19.1 Å². The van der Waals surface area contributed by atoms with Crippen molar-refractivity contribution in [2.75, 3.05) is 25.1 Å². The molecule has 0 radical (unpaired) electrons. The van der Waals surface area contributed by atoms with Crippen LogP contribution in [-0.4, -0.2) is 24.7 Å². The van der Waals surface area contributed by atoms with E-state index in [1.54, 1.807) is 0 Å². The lowest BCUT2D eigenvalue weighted by Gasteiger charge is -2.33. The van der Waals surface area contributed by atoms with Crippen LogP contribution in [0.25, 0.3) is 0 Å². The third kappa shape index (κ3) is 2.99. The van der Waals surface area contributed by atoms with Gasteiger partial charge in [0.15, 0.2) is 0 Å². The Morgan fingerprint density at radius 2 is 2.17 bits per heavy atom. The lowest BCUT2D eigenvalue weighted by atomic mass is 9.82. The molecule has 1 N–H and O–H groups in total. The molecule has 0 spiro atoms. The van der Waals surface area contributed by atoms with Crippen molar-refractivity contribution in [2.45, 2.75) is 26.7 Å². The summed E-state index contributed by atoms with van der Waals surface area (Å²) in [6, 6.07) is 5.85. The minimum absolute atomic E-state index is 0.233. The standard InChI is InChI=1S/C14H19N3O/c1-11-3-4-12(9-15)13(17-11)16-10-14(2)5-7-18-8-6-14/h3-4H,5-8,10H2,1-2H3,(H,16,17). The molecule has 1 saturated heterocycles. The zero-order valence-corrected chi connectivity index (χ0v) is 11.0. The van der Waals surface area contributed by atoms with E-state index in [2.05, 4.69) is 23.3 Å². The molecule has 1 aliphatic heterocycles. The third-order valence-corrected chi connectivity index (χ3v) is 3.54. The molecule has 1 aliphatic rings. The fourth-order valence-corrected chi connectivity index (χ4v) is 2.12. The molecule has 2 heterocycles. The van der Waals surface area contributed by atoms with Gasteiger partial charge in [0.25, 0.3) is 0 Å². The summed E-state index contributed by atoms with van der Waals surface area (Å²) in [5, 5.41) is 12.4. The molecular weight excluding hydrogens is 226 g/mol. The van der Waals surface area contributed by atoms with Crippen LogP contribution in [0.2, 0.25) is 0 Å². The summed E-state index contributed by atoms with van der Waals surface area (Å²) in [6.07, 6.45) is 2.10. The maximum absolute atomic E-state index is 9.06. The zero-order valence-electron chi connectivity index (χ0n) is 11.0. The van der Waals surface area contributed by atoms with Crippen molar-refractivity contribution in [1.29, 1.82) is 5.26 Å². The second kappa shape index (κ2) is 5.36. The zero-order chi connectivity index (χ0) is 13.0. The highest BCUT2D eigenvalue weighted by atomic mass is 16.5. The Morgan fingerprint density at radius 1 is 1.44 bits per heavy atom. The monoisotopic (exact) mass is 245 g/mol. The predicted octanol–water partition coefficient (Wildman–Crippen LogP) is 2.49. The Hall–Kier alpha value is -1.60. The van der Waals surface area contributed by atoms with Gasteiger partial charge < -0.3 is 10.1 Å². The van der Waals surface area contributed by atoms with Crippen molar-refractivity contribution in [2.24, 2.45) is 5.41 Å². The normalized spacial score (nSPS) is 18.1. The van der Waals surface area contributed by atoms with E-state index >= 15 is 0 Å². The molecule has 96 valence electrons. The highest BCUT2D eigenvalue weighted by molar-refractivity contribution is 5.52. The molecule has 0 saturated carbocycles. The van der Waals surface area contributed by atoms with Crippen molar-refractivity contribution >= 4 is 5.82 Å². The highest BCUT2D eigenvalue weighted by Gasteiger charge is 2.27. The van der Waals surface area contributed by atoms with Crippen LogP contribution in [0.3, 0.4) is 0 Å². The fraction of sp³-hybridized carbons (Fsp3) is 0.571. The molecule has 4 nitrogen and oxygen atoms in total. The number of anilines is 1. The smallest absolute Gasteiger partial charge is 0.144 e. The Labute approximate surface area is 108 Å². The van der Waals surface area contributed by atoms with E-state index in [0.29, 0.717) is 11.4 Å². The lowest BCUT2D eigenvalue weighted by molar-refractivity contribution is 0.0299. The van der Waals surface area contributed by atoms with Crippen LogP contribution >= 0.6 is 0 Å². The van der Waals surface area contributed by atoms with Gasteiger partial charge in [-0.25, -0.2) is 4.98 Å². The molecule has 2 rings (SSSR count). The average Bonchev–Trinajstić information content (AvgIpc) is 2.38. The minimum atomic E-state index is 0.233. The first kappa shape index (κ1) is 12.8. The van der Waals surface area contributed by atoms with E-state index in [1.165, 1.54) is 0 Å². The van der Waals surface area contributed by atoms with Crippen molar-refractivity contribution in [3.05, 3.63) is 23.4 Å². The van der Waals surface area contributed by atoms with Gasteiger partial charge >= 0.3 is 0 Å². The Kier molecular flexibility index (Phi) is 3.83. The van der Waals surface area contributed by atoms with Gasteiger partial charge in [0.1, 0.15) is 11.9 Å². The summed E-state index contributed by atoms with van der Waals surface area (Å²) in [5.41, 5.74) is 1.76. The molecule has 4 heteroatoms. The number of nitrogens with zero attached hydrogens (tertiary/aromatic N) is 2. The van der Waals surface area contributed by atoms with E-state index < -0.39 is 0 Å². The number of pyridine rings is 1. The van der Waals surface area contributed by atoms with Crippen LogP contribution in [0.15, 0.2) is 12.1 Å². The number of aromatic nitrogens is 1. The second-order valence-corrected chi connectivity index (χ2v) is 5.24. The van der Waals surface area contributed by atoms with E-state index in [-0.39, 0.29) is 5.41 Å². The van der Waals surface area contributed by atoms with Crippen LogP contribution in [0.1, 0.15) is 31.0 Å². The summed E-state index contributed by atoms with van der Waals surface area (Å²) in [7, 11) is 0. The van der Waals surface area contributed by atoms with Gasteiger partial charge in [0, 0.05) is 25.5 Å². The predicted molar refractivity (Wildman–Crippen MR) is 70.3 cm³/mol. The fourth-order valence-electron chi connectivity index (χ4n) is 2.12. The molecule has 1 aromatic rings. The summed E-state index contributed by atoms with van der Waals surface area (Å²) >= 11 is 0. The first-order valence-electron chi connectivity index (χ1n) is 6.32. The van der Waals surface area contributed by atoms with E-state index in [0.717, 1.165) is 38.3 Å². The van der Waals surface area contributed by atoms with Gasteiger partial charge in [-0.1, -0.05) is 6.92 Å². The van der Waals surface area contributed by atoms with E-state index in [9.17, 15) is 0 Å². The quantitative estimate of drug-likeness (QED) is 0.888. The molecule has 0 amide bonds. The Morgan fingerprint density at radius 3 is 2.83 bits per heavy atom. The minimum Gasteiger partial charge on any atom is -0.381 e. The van der Waals surface area contributed by atoms with Crippen molar-refractivity contribution in [3.8, 4) is 6.07 Å². The van der Waals surface area contributed by atoms with Gasteiger partial charge in [-0.05, 0) is 37.3 Å². The second-order valence-electron chi connectivity index (χ2n) is 5.24.